The summed E-state index contributed by atoms with van der Waals surface area (Å²) in [5.41, 5.74) is 17.7. The van der Waals surface area contributed by atoms with Gasteiger partial charge in [0.2, 0.25) is 0 Å². The molecule has 4 rings (SSSR count). The van der Waals surface area contributed by atoms with Gasteiger partial charge in [0.25, 0.3) is 0 Å². The Morgan fingerprint density at radius 3 is 2.55 bits per heavy atom. The molecule has 0 radical (unpaired) electrons. The van der Waals surface area contributed by atoms with Crippen molar-refractivity contribution >= 4 is 16.5 Å². The Morgan fingerprint density at radius 2 is 1.64 bits per heavy atom. The summed E-state index contributed by atoms with van der Waals surface area (Å²) < 4.78 is 0. The van der Waals surface area contributed by atoms with Crippen molar-refractivity contribution in [3.05, 3.63) is 77.4 Å². The summed E-state index contributed by atoms with van der Waals surface area (Å²) in [7, 11) is 0. The minimum Gasteiger partial charge on any atom is -0.398 e. The molecule has 0 amide bonds. The fourth-order valence-corrected chi connectivity index (χ4v) is 3.81. The first-order valence-electron chi connectivity index (χ1n) is 7.86. The minimum absolute atomic E-state index is 0.114. The zero-order chi connectivity index (χ0) is 15.1. The molecule has 3 aromatic carbocycles. The molecular formula is C20H20N2. The smallest absolute Gasteiger partial charge is 0.0359 e. The van der Waals surface area contributed by atoms with E-state index >= 15 is 0 Å². The summed E-state index contributed by atoms with van der Waals surface area (Å²) in [6.45, 7) is 0. The summed E-state index contributed by atoms with van der Waals surface area (Å²) >= 11 is 0. The molecule has 0 unspecified atom stereocenters. The van der Waals surface area contributed by atoms with Crippen LogP contribution >= 0.6 is 0 Å². The summed E-state index contributed by atoms with van der Waals surface area (Å²) in [6, 6.07) is 21.3. The van der Waals surface area contributed by atoms with Crippen LogP contribution in [0.3, 0.4) is 0 Å². The molecule has 0 saturated carbocycles. The molecule has 3 aromatic rings. The van der Waals surface area contributed by atoms with Gasteiger partial charge < -0.3 is 11.5 Å². The van der Waals surface area contributed by atoms with E-state index in [1.807, 2.05) is 6.07 Å². The second kappa shape index (κ2) is 5.15. The van der Waals surface area contributed by atoms with Crippen LogP contribution in [-0.2, 0) is 6.42 Å². The first-order chi connectivity index (χ1) is 10.8. The van der Waals surface area contributed by atoms with E-state index in [1.54, 1.807) is 0 Å². The Kier molecular flexibility index (Phi) is 3.12. The molecular weight excluding hydrogens is 268 g/mol. The van der Waals surface area contributed by atoms with Gasteiger partial charge in [-0.3, -0.25) is 0 Å². The predicted molar refractivity (Wildman–Crippen MR) is 92.9 cm³/mol. The maximum absolute atomic E-state index is 6.53. The van der Waals surface area contributed by atoms with Crippen molar-refractivity contribution in [2.45, 2.75) is 24.8 Å². The van der Waals surface area contributed by atoms with Gasteiger partial charge in [0.05, 0.1) is 0 Å². The van der Waals surface area contributed by atoms with Crippen LogP contribution in [0.4, 0.5) is 5.69 Å². The van der Waals surface area contributed by atoms with E-state index in [0.717, 1.165) is 18.5 Å². The molecule has 1 aliphatic carbocycles. The van der Waals surface area contributed by atoms with Crippen LogP contribution in [-0.4, -0.2) is 6.04 Å². The Labute approximate surface area is 130 Å². The van der Waals surface area contributed by atoms with Gasteiger partial charge in [-0.15, -0.1) is 0 Å². The zero-order valence-corrected chi connectivity index (χ0v) is 12.5. The lowest BCUT2D eigenvalue weighted by molar-refractivity contribution is 0.521. The Hall–Kier alpha value is -2.32. The largest absolute Gasteiger partial charge is 0.398 e. The van der Waals surface area contributed by atoms with Gasteiger partial charge >= 0.3 is 0 Å². The van der Waals surface area contributed by atoms with Crippen LogP contribution in [0.2, 0.25) is 0 Å². The normalized spacial score (nSPS) is 20.8. The lowest BCUT2D eigenvalue weighted by atomic mass is 9.74. The van der Waals surface area contributed by atoms with Crippen molar-refractivity contribution in [2.75, 3.05) is 5.73 Å². The average molecular weight is 288 g/mol. The highest BCUT2D eigenvalue weighted by Gasteiger charge is 2.30. The third-order valence-electron chi connectivity index (χ3n) is 4.88. The molecule has 2 atom stereocenters. The molecule has 4 N–H and O–H groups in total. The van der Waals surface area contributed by atoms with Gasteiger partial charge in [-0.2, -0.15) is 0 Å². The van der Waals surface area contributed by atoms with Crippen LogP contribution in [0.15, 0.2) is 60.7 Å². The van der Waals surface area contributed by atoms with Crippen LogP contribution in [0.1, 0.15) is 29.0 Å². The number of nitrogens with two attached hydrogens (primary N) is 2. The maximum Gasteiger partial charge on any atom is 0.0359 e. The molecule has 2 nitrogen and oxygen atoms in total. The quantitative estimate of drug-likeness (QED) is 0.669. The summed E-state index contributed by atoms with van der Waals surface area (Å²) in [4.78, 5) is 0. The highest BCUT2D eigenvalue weighted by atomic mass is 14.7. The highest BCUT2D eigenvalue weighted by molar-refractivity contribution is 5.91. The molecule has 0 spiro atoms. The van der Waals surface area contributed by atoms with Crippen LogP contribution < -0.4 is 11.5 Å². The van der Waals surface area contributed by atoms with Gasteiger partial charge in [-0.1, -0.05) is 54.6 Å². The first kappa shape index (κ1) is 13.4. The van der Waals surface area contributed by atoms with E-state index in [-0.39, 0.29) is 12.0 Å². The maximum atomic E-state index is 6.53. The van der Waals surface area contributed by atoms with E-state index in [2.05, 4.69) is 54.6 Å². The molecule has 0 fully saturated rings. The molecule has 0 aliphatic heterocycles. The van der Waals surface area contributed by atoms with Crippen molar-refractivity contribution < 1.29 is 0 Å². The Balaban J connectivity index is 2.01. The van der Waals surface area contributed by atoms with E-state index in [1.165, 1.54) is 27.5 Å². The molecule has 22 heavy (non-hydrogen) atoms. The fourth-order valence-electron chi connectivity index (χ4n) is 3.81. The summed E-state index contributed by atoms with van der Waals surface area (Å²) in [6.07, 6.45) is 2.06. The monoisotopic (exact) mass is 288 g/mol. The van der Waals surface area contributed by atoms with Crippen LogP contribution in [0.25, 0.3) is 10.8 Å². The van der Waals surface area contributed by atoms with E-state index in [9.17, 15) is 0 Å². The topological polar surface area (TPSA) is 52.0 Å². The van der Waals surface area contributed by atoms with E-state index in [4.69, 9.17) is 11.5 Å². The highest BCUT2D eigenvalue weighted by Crippen LogP contribution is 2.41. The van der Waals surface area contributed by atoms with Crippen molar-refractivity contribution in [1.82, 2.24) is 0 Å². The first-order valence-corrected chi connectivity index (χ1v) is 7.86. The molecule has 0 saturated heterocycles. The second-order valence-electron chi connectivity index (χ2n) is 6.17. The van der Waals surface area contributed by atoms with Crippen molar-refractivity contribution in [3.63, 3.8) is 0 Å². The van der Waals surface area contributed by atoms with Gasteiger partial charge in [-0.25, -0.2) is 0 Å². The number of fused-ring (bicyclic) bond motifs is 2. The van der Waals surface area contributed by atoms with Crippen LogP contribution in [0, 0.1) is 0 Å². The summed E-state index contributed by atoms with van der Waals surface area (Å²) in [5, 5.41) is 2.45. The Morgan fingerprint density at radius 1 is 0.864 bits per heavy atom. The van der Waals surface area contributed by atoms with E-state index < -0.39 is 0 Å². The minimum atomic E-state index is 0.114. The Bertz CT molecular complexity index is 838. The molecule has 1 aliphatic rings. The number of aryl methyl sites for hydroxylation is 1. The average Bonchev–Trinajstić information content (AvgIpc) is 2.56. The lowest BCUT2D eigenvalue weighted by Gasteiger charge is -2.33. The second-order valence-corrected chi connectivity index (χ2v) is 6.17. The number of rotatable bonds is 1. The van der Waals surface area contributed by atoms with Gasteiger partial charge in [0.1, 0.15) is 0 Å². The number of hydrogen-bond donors (Lipinski definition) is 2. The third-order valence-corrected chi connectivity index (χ3v) is 4.88. The number of anilines is 1. The molecule has 2 heteroatoms. The van der Waals surface area contributed by atoms with E-state index in [0.29, 0.717) is 0 Å². The molecule has 0 aromatic heterocycles. The lowest BCUT2D eigenvalue weighted by Crippen LogP contribution is -2.34. The zero-order valence-electron chi connectivity index (χ0n) is 12.5. The van der Waals surface area contributed by atoms with Crippen molar-refractivity contribution in [1.29, 1.82) is 0 Å². The number of hydrogen-bond acceptors (Lipinski definition) is 2. The molecule has 0 heterocycles. The van der Waals surface area contributed by atoms with Gasteiger partial charge in [0, 0.05) is 17.6 Å². The standard InChI is InChI=1S/C20H20N2/c21-17-11-9-13-5-1-3-7-15(13)19(17)20-16-8-4-2-6-14(16)10-12-18(20)22/h1-9,11,18,20H,10,12,21-22H2/t18-,20+/m1/s1. The summed E-state index contributed by atoms with van der Waals surface area (Å²) in [5.74, 6) is 0.177. The van der Waals surface area contributed by atoms with Crippen molar-refractivity contribution in [2.24, 2.45) is 5.73 Å². The molecule has 110 valence electrons. The number of nitrogen functional groups attached to an aromatic ring is 1. The predicted octanol–water partition coefficient (Wildman–Crippen LogP) is 3.83. The van der Waals surface area contributed by atoms with Gasteiger partial charge in [0.15, 0.2) is 0 Å². The SMILES string of the molecule is Nc1ccc2ccccc2c1[C@H]1c2ccccc2CC[C@H]1N. The third kappa shape index (κ3) is 1.99. The van der Waals surface area contributed by atoms with Crippen LogP contribution in [0.5, 0.6) is 0 Å². The van der Waals surface area contributed by atoms with Gasteiger partial charge in [-0.05, 0) is 46.4 Å². The molecule has 0 bridgehead atoms. The number of benzene rings is 3. The fraction of sp³-hybridized carbons (Fsp3) is 0.200. The van der Waals surface area contributed by atoms with Crippen molar-refractivity contribution in [3.8, 4) is 0 Å².